The first-order valence-electron chi connectivity index (χ1n) is 9.28. The normalized spacial score (nSPS) is 20.8. The Labute approximate surface area is 152 Å². The minimum Gasteiger partial charge on any atom is -0.333 e. The number of aromatic nitrogens is 3. The highest BCUT2D eigenvalue weighted by Crippen LogP contribution is 2.31. The summed E-state index contributed by atoms with van der Waals surface area (Å²) in [6.07, 6.45) is 2.81. The molecule has 1 fully saturated rings. The van der Waals surface area contributed by atoms with E-state index in [0.717, 1.165) is 69.2 Å². The summed E-state index contributed by atoms with van der Waals surface area (Å²) < 4.78 is 15.3. The molecule has 2 aromatic rings. The van der Waals surface area contributed by atoms with Gasteiger partial charge in [-0.05, 0) is 30.5 Å². The van der Waals surface area contributed by atoms with Crippen LogP contribution in [0.15, 0.2) is 24.3 Å². The highest BCUT2D eigenvalue weighted by molar-refractivity contribution is 5.74. The zero-order valence-corrected chi connectivity index (χ0v) is 15.1. The Hall–Kier alpha value is -2.28. The number of carbonyl (C=O) groups excluding carboxylic acids is 1. The number of carbonyl (C=O) groups is 1. The molecule has 1 amide bonds. The highest BCUT2D eigenvalue weighted by atomic mass is 19.1. The first-order chi connectivity index (χ1) is 12.6. The Morgan fingerprint density at radius 3 is 2.73 bits per heavy atom. The molecule has 0 saturated carbocycles. The van der Waals surface area contributed by atoms with Crippen LogP contribution in [0.5, 0.6) is 0 Å². The van der Waals surface area contributed by atoms with Crippen molar-refractivity contribution in [1.82, 2.24) is 24.6 Å². The first kappa shape index (κ1) is 17.1. The lowest BCUT2D eigenvalue weighted by Crippen LogP contribution is -2.31. The number of nitrogens with zero attached hydrogens (tertiary/aromatic N) is 5. The molecule has 1 unspecified atom stereocenters. The second kappa shape index (κ2) is 7.15. The van der Waals surface area contributed by atoms with Crippen molar-refractivity contribution in [2.45, 2.75) is 45.3 Å². The lowest BCUT2D eigenvalue weighted by atomic mass is 10.2. The molecule has 138 valence electrons. The Morgan fingerprint density at radius 1 is 1.15 bits per heavy atom. The Kier molecular flexibility index (Phi) is 4.72. The predicted octanol–water partition coefficient (Wildman–Crippen LogP) is 2.16. The van der Waals surface area contributed by atoms with Gasteiger partial charge in [-0.15, -0.1) is 10.2 Å². The average molecular weight is 357 g/mol. The fraction of sp³-hybridized carbons (Fsp3) is 0.526. The van der Waals surface area contributed by atoms with Gasteiger partial charge in [-0.2, -0.15) is 0 Å². The number of hydrogen-bond acceptors (Lipinski definition) is 4. The largest absolute Gasteiger partial charge is 0.333 e. The van der Waals surface area contributed by atoms with E-state index in [1.54, 1.807) is 6.92 Å². The molecule has 2 aliphatic rings. The smallest absolute Gasteiger partial charge is 0.220 e. The van der Waals surface area contributed by atoms with E-state index in [4.69, 9.17) is 0 Å². The molecule has 6 nitrogen and oxygen atoms in total. The topological polar surface area (TPSA) is 54.3 Å². The lowest BCUT2D eigenvalue weighted by molar-refractivity contribution is -0.129. The van der Waals surface area contributed by atoms with Gasteiger partial charge in [0.2, 0.25) is 5.91 Å². The van der Waals surface area contributed by atoms with E-state index in [0.29, 0.717) is 0 Å². The SMILES string of the molecule is CC(=O)N1CCCC1c1nnc2n1CCN(Cc1ccc(F)cc1)CC2. The summed E-state index contributed by atoms with van der Waals surface area (Å²) >= 11 is 0. The van der Waals surface area contributed by atoms with Crippen molar-refractivity contribution in [3.8, 4) is 0 Å². The zero-order chi connectivity index (χ0) is 18.1. The number of likely N-dealkylation sites (tertiary alicyclic amines) is 1. The summed E-state index contributed by atoms with van der Waals surface area (Å²) in [7, 11) is 0. The van der Waals surface area contributed by atoms with Gasteiger partial charge in [-0.25, -0.2) is 4.39 Å². The molecule has 26 heavy (non-hydrogen) atoms. The fourth-order valence-electron chi connectivity index (χ4n) is 4.05. The van der Waals surface area contributed by atoms with E-state index in [1.165, 1.54) is 12.1 Å². The number of hydrogen-bond donors (Lipinski definition) is 0. The molecular formula is C19H24FN5O. The predicted molar refractivity (Wildman–Crippen MR) is 94.8 cm³/mol. The van der Waals surface area contributed by atoms with Crippen molar-refractivity contribution in [1.29, 1.82) is 0 Å². The van der Waals surface area contributed by atoms with E-state index in [-0.39, 0.29) is 17.8 Å². The molecule has 0 bridgehead atoms. The number of rotatable bonds is 3. The van der Waals surface area contributed by atoms with Gasteiger partial charge in [0.05, 0.1) is 6.04 Å². The summed E-state index contributed by atoms with van der Waals surface area (Å²) in [4.78, 5) is 16.2. The van der Waals surface area contributed by atoms with E-state index in [2.05, 4.69) is 19.7 Å². The van der Waals surface area contributed by atoms with Crippen molar-refractivity contribution >= 4 is 5.91 Å². The molecule has 0 aliphatic carbocycles. The molecule has 0 spiro atoms. The van der Waals surface area contributed by atoms with Crippen molar-refractivity contribution in [3.05, 3.63) is 47.3 Å². The van der Waals surface area contributed by atoms with Gasteiger partial charge >= 0.3 is 0 Å². The van der Waals surface area contributed by atoms with Gasteiger partial charge in [0.15, 0.2) is 5.82 Å². The van der Waals surface area contributed by atoms with Crippen LogP contribution in [0.4, 0.5) is 4.39 Å². The third-order valence-electron chi connectivity index (χ3n) is 5.42. The van der Waals surface area contributed by atoms with Crippen LogP contribution < -0.4 is 0 Å². The van der Waals surface area contributed by atoms with Crippen LogP contribution >= 0.6 is 0 Å². The molecule has 2 aliphatic heterocycles. The van der Waals surface area contributed by atoms with Crippen LogP contribution in [-0.4, -0.2) is 50.1 Å². The fourth-order valence-corrected chi connectivity index (χ4v) is 4.05. The summed E-state index contributed by atoms with van der Waals surface area (Å²) in [6.45, 7) is 5.85. The van der Waals surface area contributed by atoms with Crippen LogP contribution in [0.2, 0.25) is 0 Å². The van der Waals surface area contributed by atoms with Crippen molar-refractivity contribution < 1.29 is 9.18 Å². The Morgan fingerprint density at radius 2 is 1.96 bits per heavy atom. The van der Waals surface area contributed by atoms with Crippen molar-refractivity contribution in [2.24, 2.45) is 0 Å². The summed E-state index contributed by atoms with van der Waals surface area (Å²) in [5, 5.41) is 8.84. The monoisotopic (exact) mass is 357 g/mol. The number of amides is 1. The van der Waals surface area contributed by atoms with Gasteiger partial charge in [-0.3, -0.25) is 9.69 Å². The number of fused-ring (bicyclic) bond motifs is 1. The molecule has 0 radical (unpaired) electrons. The van der Waals surface area contributed by atoms with E-state index >= 15 is 0 Å². The molecular weight excluding hydrogens is 333 g/mol. The molecule has 4 rings (SSSR count). The van der Waals surface area contributed by atoms with Gasteiger partial charge in [0, 0.05) is 46.1 Å². The number of halogens is 1. The first-order valence-corrected chi connectivity index (χ1v) is 9.28. The maximum Gasteiger partial charge on any atom is 0.220 e. The molecule has 1 aromatic carbocycles. The van der Waals surface area contributed by atoms with Gasteiger partial charge in [0.1, 0.15) is 11.6 Å². The van der Waals surface area contributed by atoms with E-state index in [1.807, 2.05) is 17.0 Å². The zero-order valence-electron chi connectivity index (χ0n) is 15.1. The second-order valence-corrected chi connectivity index (χ2v) is 7.15. The molecule has 1 saturated heterocycles. The lowest BCUT2D eigenvalue weighted by Gasteiger charge is -2.23. The minimum absolute atomic E-state index is 0.0531. The van der Waals surface area contributed by atoms with Gasteiger partial charge in [-0.1, -0.05) is 12.1 Å². The van der Waals surface area contributed by atoms with Crippen molar-refractivity contribution in [3.63, 3.8) is 0 Å². The molecule has 3 heterocycles. The highest BCUT2D eigenvalue weighted by Gasteiger charge is 2.33. The molecule has 7 heteroatoms. The van der Waals surface area contributed by atoms with Crippen LogP contribution in [0, 0.1) is 5.82 Å². The summed E-state index contributed by atoms with van der Waals surface area (Å²) in [5.41, 5.74) is 1.11. The third kappa shape index (κ3) is 3.35. The third-order valence-corrected chi connectivity index (χ3v) is 5.42. The number of benzene rings is 1. The van der Waals surface area contributed by atoms with E-state index < -0.39 is 0 Å². The van der Waals surface area contributed by atoms with Crippen molar-refractivity contribution in [2.75, 3.05) is 19.6 Å². The molecule has 0 N–H and O–H groups in total. The maximum atomic E-state index is 13.1. The Balaban J connectivity index is 1.48. The summed E-state index contributed by atoms with van der Waals surface area (Å²) in [6, 6.07) is 6.76. The average Bonchev–Trinajstić information content (AvgIpc) is 3.21. The quantitative estimate of drug-likeness (QED) is 0.845. The van der Waals surface area contributed by atoms with Gasteiger partial charge < -0.3 is 9.47 Å². The maximum absolute atomic E-state index is 13.1. The Bertz CT molecular complexity index is 788. The summed E-state index contributed by atoms with van der Waals surface area (Å²) in [5.74, 6) is 1.83. The van der Waals surface area contributed by atoms with Crippen LogP contribution in [0.25, 0.3) is 0 Å². The minimum atomic E-state index is -0.202. The van der Waals surface area contributed by atoms with Crippen LogP contribution in [0.3, 0.4) is 0 Å². The van der Waals surface area contributed by atoms with Crippen LogP contribution in [0.1, 0.15) is 43.0 Å². The van der Waals surface area contributed by atoms with Gasteiger partial charge in [0.25, 0.3) is 0 Å². The molecule has 1 atom stereocenters. The molecule has 1 aromatic heterocycles. The standard InChI is InChI=1S/C19H24FN5O/c1-14(26)24-9-2-3-17(24)19-22-21-18-8-10-23(11-12-25(18)19)13-15-4-6-16(20)7-5-15/h4-7,17H,2-3,8-13H2,1H3. The van der Waals surface area contributed by atoms with Crippen LogP contribution in [-0.2, 0) is 24.3 Å². The van der Waals surface area contributed by atoms with E-state index in [9.17, 15) is 9.18 Å². The second-order valence-electron chi connectivity index (χ2n) is 7.15.